The molecule has 3 saturated carbocycles. The molecule has 29 heavy (non-hydrogen) atoms. The van der Waals surface area contributed by atoms with Gasteiger partial charge in [0.1, 0.15) is 5.75 Å². The molecule has 154 valence electrons. The zero-order valence-electron chi connectivity index (χ0n) is 16.8. The number of ether oxygens (including phenoxy) is 1. The molecule has 4 fully saturated rings. The summed E-state index contributed by atoms with van der Waals surface area (Å²) in [7, 11) is 1.61. The largest absolute Gasteiger partial charge is 0.497 e. The molecule has 4 aliphatic rings. The van der Waals surface area contributed by atoms with E-state index in [-0.39, 0.29) is 41.5 Å². The number of carbonyl (C=O) groups excluding carboxylic acids is 3. The van der Waals surface area contributed by atoms with Crippen molar-refractivity contribution in [2.24, 2.45) is 29.6 Å². The van der Waals surface area contributed by atoms with Gasteiger partial charge in [-0.1, -0.05) is 0 Å². The van der Waals surface area contributed by atoms with Gasteiger partial charge in [-0.3, -0.25) is 19.3 Å². The van der Waals surface area contributed by atoms with Gasteiger partial charge in [0.25, 0.3) is 0 Å². The maximum Gasteiger partial charge on any atom is 0.233 e. The normalized spacial score (nSPS) is 35.7. The highest BCUT2D eigenvalue weighted by atomic mass is 16.5. The van der Waals surface area contributed by atoms with E-state index >= 15 is 0 Å². The first kappa shape index (κ1) is 18.6. The van der Waals surface area contributed by atoms with Gasteiger partial charge in [-0.15, -0.1) is 0 Å². The van der Waals surface area contributed by atoms with Crippen LogP contribution in [-0.2, 0) is 14.4 Å². The minimum Gasteiger partial charge on any atom is -0.497 e. The van der Waals surface area contributed by atoms with Crippen molar-refractivity contribution in [2.75, 3.05) is 12.4 Å². The van der Waals surface area contributed by atoms with Gasteiger partial charge < -0.3 is 10.1 Å². The van der Waals surface area contributed by atoms with Gasteiger partial charge in [-0.05, 0) is 81.0 Å². The maximum absolute atomic E-state index is 13.0. The molecule has 4 unspecified atom stereocenters. The summed E-state index contributed by atoms with van der Waals surface area (Å²) in [6.45, 7) is 0. The molecule has 1 saturated heterocycles. The van der Waals surface area contributed by atoms with Gasteiger partial charge >= 0.3 is 0 Å². The maximum atomic E-state index is 13.0. The van der Waals surface area contributed by atoms with Crippen molar-refractivity contribution in [1.82, 2.24) is 4.90 Å². The highest BCUT2D eigenvalue weighted by Gasteiger charge is 2.61. The monoisotopic (exact) mass is 396 g/mol. The highest BCUT2D eigenvalue weighted by Crippen LogP contribution is 2.56. The number of benzene rings is 1. The zero-order valence-corrected chi connectivity index (χ0v) is 16.8. The van der Waals surface area contributed by atoms with Crippen molar-refractivity contribution in [2.45, 2.75) is 51.0 Å². The lowest BCUT2D eigenvalue weighted by Crippen LogP contribution is -2.44. The number of carbonyl (C=O) groups is 3. The molecule has 0 aromatic heterocycles. The fraction of sp³-hybridized carbons (Fsp3) is 0.609. The first-order valence-electron chi connectivity index (χ1n) is 10.9. The molecule has 6 heteroatoms. The standard InChI is InChI=1S/C23H28N2O4/c1-29-18-10-6-16(7-11-18)24-21(26)13-4-8-17(9-5-13)25-22(27)19-14-2-3-15(12-14)20(19)23(25)28/h6-7,10-11,13-15,17,19-20H,2-5,8-9,12H2,1H3,(H,24,26). The van der Waals surface area contributed by atoms with Crippen molar-refractivity contribution < 1.29 is 19.1 Å². The molecule has 6 nitrogen and oxygen atoms in total. The molecule has 1 aromatic rings. The molecule has 1 heterocycles. The SMILES string of the molecule is COc1ccc(NC(=O)C2CCC(N3C(=O)C4C5CCC(C5)C4C3=O)CC2)cc1. The Bertz CT molecular complexity index is 800. The number of nitrogens with zero attached hydrogens (tertiary/aromatic N) is 1. The minimum atomic E-state index is -0.0724. The Kier molecular flexibility index (Phi) is 4.60. The summed E-state index contributed by atoms with van der Waals surface area (Å²) in [5, 5.41) is 2.98. The Morgan fingerprint density at radius 1 is 0.931 bits per heavy atom. The number of likely N-dealkylation sites (tertiary alicyclic amines) is 1. The number of nitrogens with one attached hydrogen (secondary N) is 1. The van der Waals surface area contributed by atoms with E-state index in [9.17, 15) is 14.4 Å². The molecule has 3 amide bonds. The first-order chi connectivity index (χ1) is 14.1. The van der Waals surface area contributed by atoms with Gasteiger partial charge in [-0.25, -0.2) is 0 Å². The highest BCUT2D eigenvalue weighted by molar-refractivity contribution is 6.06. The third kappa shape index (κ3) is 3.04. The number of fused-ring (bicyclic) bond motifs is 5. The van der Waals surface area contributed by atoms with E-state index in [1.54, 1.807) is 12.0 Å². The molecule has 4 atom stereocenters. The number of imide groups is 1. The van der Waals surface area contributed by atoms with Crippen LogP contribution in [0.2, 0.25) is 0 Å². The van der Waals surface area contributed by atoms with Crippen LogP contribution in [0.25, 0.3) is 0 Å². The molecule has 2 bridgehead atoms. The van der Waals surface area contributed by atoms with Gasteiger partial charge in [-0.2, -0.15) is 0 Å². The van der Waals surface area contributed by atoms with E-state index in [1.807, 2.05) is 24.3 Å². The molecule has 0 radical (unpaired) electrons. The van der Waals surface area contributed by atoms with Crippen LogP contribution in [0.1, 0.15) is 44.9 Å². The molecular weight excluding hydrogens is 368 g/mol. The predicted octanol–water partition coefficient (Wildman–Crippen LogP) is 3.22. The van der Waals surface area contributed by atoms with E-state index in [2.05, 4.69) is 5.32 Å². The summed E-state index contributed by atoms with van der Waals surface area (Å²) in [5.74, 6) is 1.63. The van der Waals surface area contributed by atoms with Crippen LogP contribution in [0, 0.1) is 29.6 Å². The average Bonchev–Trinajstić information content (AvgIpc) is 3.42. The summed E-state index contributed by atoms with van der Waals surface area (Å²) in [5.41, 5.74) is 0.756. The second-order valence-corrected chi connectivity index (χ2v) is 9.15. The van der Waals surface area contributed by atoms with Crippen LogP contribution in [0.15, 0.2) is 24.3 Å². The summed E-state index contributed by atoms with van der Waals surface area (Å²) >= 11 is 0. The van der Waals surface area contributed by atoms with E-state index in [4.69, 9.17) is 4.74 Å². The average molecular weight is 396 g/mol. The van der Waals surface area contributed by atoms with E-state index in [0.29, 0.717) is 24.7 Å². The predicted molar refractivity (Wildman–Crippen MR) is 107 cm³/mol. The van der Waals surface area contributed by atoms with Gasteiger partial charge in [0.2, 0.25) is 17.7 Å². The molecular formula is C23H28N2O4. The lowest BCUT2D eigenvalue weighted by Gasteiger charge is -2.33. The Morgan fingerprint density at radius 2 is 1.52 bits per heavy atom. The number of hydrogen-bond acceptors (Lipinski definition) is 4. The van der Waals surface area contributed by atoms with Crippen LogP contribution in [0.5, 0.6) is 5.75 Å². The third-order valence-electron chi connectivity index (χ3n) is 7.75. The Labute approximate surface area is 171 Å². The molecule has 1 aliphatic heterocycles. The topological polar surface area (TPSA) is 75.7 Å². The van der Waals surface area contributed by atoms with Crippen molar-refractivity contribution in [3.63, 3.8) is 0 Å². The van der Waals surface area contributed by atoms with Crippen LogP contribution < -0.4 is 10.1 Å². The third-order valence-corrected chi connectivity index (χ3v) is 7.75. The molecule has 5 rings (SSSR count). The molecule has 3 aliphatic carbocycles. The zero-order chi connectivity index (χ0) is 20.1. The number of rotatable bonds is 4. The number of anilines is 1. The number of amides is 3. The van der Waals surface area contributed by atoms with E-state index in [0.717, 1.165) is 43.5 Å². The van der Waals surface area contributed by atoms with Crippen molar-refractivity contribution >= 4 is 23.4 Å². The number of hydrogen-bond donors (Lipinski definition) is 1. The van der Waals surface area contributed by atoms with Crippen LogP contribution in [0.3, 0.4) is 0 Å². The summed E-state index contributed by atoms with van der Waals surface area (Å²) < 4.78 is 5.14. The quantitative estimate of drug-likeness (QED) is 0.793. The fourth-order valence-electron chi connectivity index (χ4n) is 6.31. The second-order valence-electron chi connectivity index (χ2n) is 9.15. The summed E-state index contributed by atoms with van der Waals surface area (Å²) in [6.07, 6.45) is 6.17. The minimum absolute atomic E-state index is 0.0163. The smallest absolute Gasteiger partial charge is 0.233 e. The molecule has 0 spiro atoms. The Balaban J connectivity index is 1.19. The Morgan fingerprint density at radius 3 is 2.07 bits per heavy atom. The lowest BCUT2D eigenvalue weighted by molar-refractivity contribution is -0.144. The molecule has 1 aromatic carbocycles. The van der Waals surface area contributed by atoms with E-state index in [1.165, 1.54) is 0 Å². The van der Waals surface area contributed by atoms with Crippen LogP contribution in [-0.4, -0.2) is 35.8 Å². The van der Waals surface area contributed by atoms with Crippen molar-refractivity contribution in [3.8, 4) is 5.75 Å². The van der Waals surface area contributed by atoms with Crippen molar-refractivity contribution in [1.29, 1.82) is 0 Å². The van der Waals surface area contributed by atoms with Crippen LogP contribution >= 0.6 is 0 Å². The summed E-state index contributed by atoms with van der Waals surface area (Å²) in [6, 6.07) is 7.28. The van der Waals surface area contributed by atoms with Gasteiger partial charge in [0.15, 0.2) is 0 Å². The molecule has 1 N–H and O–H groups in total. The fourth-order valence-corrected chi connectivity index (χ4v) is 6.31. The number of methoxy groups -OCH3 is 1. The van der Waals surface area contributed by atoms with Gasteiger partial charge in [0, 0.05) is 17.6 Å². The van der Waals surface area contributed by atoms with Crippen molar-refractivity contribution in [3.05, 3.63) is 24.3 Å². The van der Waals surface area contributed by atoms with Gasteiger partial charge in [0.05, 0.1) is 18.9 Å². The lowest BCUT2D eigenvalue weighted by atomic mass is 9.81. The second kappa shape index (κ2) is 7.15. The summed E-state index contributed by atoms with van der Waals surface area (Å²) in [4.78, 5) is 40.3. The first-order valence-corrected chi connectivity index (χ1v) is 10.9. The Hall–Kier alpha value is -2.37. The van der Waals surface area contributed by atoms with Crippen LogP contribution in [0.4, 0.5) is 5.69 Å². The van der Waals surface area contributed by atoms with E-state index < -0.39 is 0 Å².